The molecular formula is C26H40N2O2. The van der Waals surface area contributed by atoms with Gasteiger partial charge < -0.3 is 14.4 Å². The highest BCUT2D eigenvalue weighted by Crippen LogP contribution is 2.33. The first kappa shape index (κ1) is 23.1. The molecule has 2 fully saturated rings. The van der Waals surface area contributed by atoms with E-state index < -0.39 is 0 Å². The van der Waals surface area contributed by atoms with Crippen molar-refractivity contribution < 1.29 is 9.47 Å². The highest BCUT2D eigenvalue weighted by molar-refractivity contribution is 5.53. The van der Waals surface area contributed by atoms with Crippen molar-refractivity contribution in [2.24, 2.45) is 5.92 Å². The van der Waals surface area contributed by atoms with Crippen LogP contribution in [0.1, 0.15) is 59.9 Å². The van der Waals surface area contributed by atoms with Crippen LogP contribution in [0.15, 0.2) is 24.3 Å². The predicted molar refractivity (Wildman–Crippen MR) is 125 cm³/mol. The second-order valence-electron chi connectivity index (χ2n) is 10.7. The van der Waals surface area contributed by atoms with Crippen molar-refractivity contribution in [3.8, 4) is 11.8 Å². The molecule has 1 heterocycles. The topological polar surface area (TPSA) is 24.9 Å². The molecule has 1 aromatic rings. The largest absolute Gasteiger partial charge is 0.373 e. The maximum Gasteiger partial charge on any atom is 0.108 e. The molecule has 4 heteroatoms. The van der Waals surface area contributed by atoms with E-state index in [9.17, 15) is 0 Å². The van der Waals surface area contributed by atoms with Crippen molar-refractivity contribution in [1.29, 1.82) is 0 Å². The van der Waals surface area contributed by atoms with Crippen molar-refractivity contribution >= 4 is 5.69 Å². The summed E-state index contributed by atoms with van der Waals surface area (Å²) < 4.78 is 11.8. The van der Waals surface area contributed by atoms with E-state index in [4.69, 9.17) is 9.47 Å². The molecule has 0 N–H and O–H groups in total. The van der Waals surface area contributed by atoms with Gasteiger partial charge in [-0.1, -0.05) is 17.9 Å². The highest BCUT2D eigenvalue weighted by Gasteiger charge is 2.34. The average molecular weight is 413 g/mol. The van der Waals surface area contributed by atoms with Crippen LogP contribution >= 0.6 is 0 Å². The van der Waals surface area contributed by atoms with Gasteiger partial charge in [-0.25, -0.2) is 0 Å². The van der Waals surface area contributed by atoms with Gasteiger partial charge in [0.1, 0.15) is 6.61 Å². The van der Waals surface area contributed by atoms with Gasteiger partial charge in [-0.3, -0.25) is 4.90 Å². The zero-order valence-corrected chi connectivity index (χ0v) is 19.8. The minimum atomic E-state index is -0.143. The summed E-state index contributed by atoms with van der Waals surface area (Å²) in [5, 5.41) is 0. The molecule has 1 saturated heterocycles. The number of nitrogens with zero attached hydrogens (tertiary/aromatic N) is 2. The molecule has 0 unspecified atom stereocenters. The summed E-state index contributed by atoms with van der Waals surface area (Å²) >= 11 is 0. The number of hydrogen-bond donors (Lipinski definition) is 0. The Bertz CT molecular complexity index is 737. The lowest BCUT2D eigenvalue weighted by molar-refractivity contribution is -0.115. The van der Waals surface area contributed by atoms with Crippen LogP contribution in [0.25, 0.3) is 0 Å². The van der Waals surface area contributed by atoms with Crippen LogP contribution in [-0.2, 0) is 9.47 Å². The minimum Gasteiger partial charge on any atom is -0.373 e. The second-order valence-corrected chi connectivity index (χ2v) is 10.7. The van der Waals surface area contributed by atoms with E-state index in [1.807, 2.05) is 0 Å². The fourth-order valence-corrected chi connectivity index (χ4v) is 4.14. The third-order valence-electron chi connectivity index (χ3n) is 5.62. The molecule has 0 atom stereocenters. The van der Waals surface area contributed by atoms with Gasteiger partial charge in [0.05, 0.1) is 17.3 Å². The maximum atomic E-state index is 6.09. The van der Waals surface area contributed by atoms with Crippen LogP contribution in [0.5, 0.6) is 0 Å². The lowest BCUT2D eigenvalue weighted by Crippen LogP contribution is -2.50. The number of rotatable bonds is 5. The Kier molecular flexibility index (Phi) is 7.50. The number of hydrogen-bond acceptors (Lipinski definition) is 4. The second kappa shape index (κ2) is 9.73. The van der Waals surface area contributed by atoms with Crippen LogP contribution in [0.3, 0.4) is 0 Å². The molecule has 166 valence electrons. The predicted octanol–water partition coefficient (Wildman–Crippen LogP) is 4.57. The van der Waals surface area contributed by atoms with Crippen LogP contribution in [0.2, 0.25) is 0 Å². The summed E-state index contributed by atoms with van der Waals surface area (Å²) in [6.07, 6.45) is 2.91. The Morgan fingerprint density at radius 2 is 1.67 bits per heavy atom. The molecule has 3 rings (SSSR count). The van der Waals surface area contributed by atoms with Gasteiger partial charge in [0.2, 0.25) is 0 Å². The minimum absolute atomic E-state index is 0.0141. The average Bonchev–Trinajstić information content (AvgIpc) is 2.63. The van der Waals surface area contributed by atoms with Crippen LogP contribution in [0, 0.1) is 17.8 Å². The van der Waals surface area contributed by atoms with E-state index in [1.54, 1.807) is 0 Å². The Morgan fingerprint density at radius 1 is 0.967 bits per heavy atom. The van der Waals surface area contributed by atoms with Crippen molar-refractivity contribution in [2.45, 2.75) is 71.7 Å². The van der Waals surface area contributed by atoms with Gasteiger partial charge in [-0.15, -0.1) is 0 Å². The Hall–Kier alpha value is -1.54. The van der Waals surface area contributed by atoms with E-state index >= 15 is 0 Å². The normalized spacial score (nSPS) is 22.9. The Morgan fingerprint density at radius 3 is 2.30 bits per heavy atom. The van der Waals surface area contributed by atoms with Gasteiger partial charge >= 0.3 is 0 Å². The van der Waals surface area contributed by atoms with Gasteiger partial charge in [0.15, 0.2) is 0 Å². The fourth-order valence-electron chi connectivity index (χ4n) is 4.14. The SMILES string of the molecule is CC(C)(C)OCC#Cc1cccc(N2CCN(CC3CC(OC(C)(C)C)C3)CC2)c1. The van der Waals surface area contributed by atoms with Crippen LogP contribution in [0.4, 0.5) is 5.69 Å². The summed E-state index contributed by atoms with van der Waals surface area (Å²) in [6.45, 7) is 18.7. The zero-order valence-electron chi connectivity index (χ0n) is 19.8. The summed E-state index contributed by atoms with van der Waals surface area (Å²) in [6, 6.07) is 8.60. The van der Waals surface area contributed by atoms with Crippen LogP contribution in [-0.4, -0.2) is 61.5 Å². The van der Waals surface area contributed by atoms with Crippen LogP contribution < -0.4 is 4.90 Å². The summed E-state index contributed by atoms with van der Waals surface area (Å²) in [7, 11) is 0. The van der Waals surface area contributed by atoms with E-state index in [0.29, 0.717) is 12.7 Å². The molecule has 1 aliphatic carbocycles. The standard InChI is InChI=1S/C26H40N2O2/c1-25(2,3)29-16-8-10-21-9-7-11-23(17-21)28-14-12-27(13-15-28)20-22-18-24(19-22)30-26(4,5)6/h7,9,11,17,22,24H,12-16,18-20H2,1-6H3. The molecule has 4 nitrogen and oxygen atoms in total. The van der Waals surface area contributed by atoms with E-state index in [1.165, 1.54) is 25.1 Å². The first-order valence-electron chi connectivity index (χ1n) is 11.5. The van der Waals surface area contributed by atoms with E-state index in [2.05, 4.69) is 87.4 Å². The van der Waals surface area contributed by atoms with Crippen molar-refractivity contribution in [3.63, 3.8) is 0 Å². The molecule has 30 heavy (non-hydrogen) atoms. The van der Waals surface area contributed by atoms with Gasteiger partial charge in [-0.2, -0.15) is 0 Å². The monoisotopic (exact) mass is 412 g/mol. The molecule has 0 radical (unpaired) electrons. The first-order chi connectivity index (χ1) is 14.1. The lowest BCUT2D eigenvalue weighted by atomic mass is 9.81. The van der Waals surface area contributed by atoms with E-state index in [0.717, 1.165) is 37.7 Å². The zero-order chi connectivity index (χ0) is 21.8. The molecule has 0 bridgehead atoms. The van der Waals surface area contributed by atoms with Gasteiger partial charge in [0.25, 0.3) is 0 Å². The maximum absolute atomic E-state index is 6.09. The van der Waals surface area contributed by atoms with Gasteiger partial charge in [0, 0.05) is 44.0 Å². The Labute approximate surface area is 183 Å². The molecule has 1 saturated carbocycles. The van der Waals surface area contributed by atoms with Gasteiger partial charge in [-0.05, 0) is 78.5 Å². The number of piperazine rings is 1. The molecule has 1 aromatic carbocycles. The third kappa shape index (κ3) is 7.61. The molecule has 0 aromatic heterocycles. The molecular weight excluding hydrogens is 372 g/mol. The molecule has 0 spiro atoms. The summed E-state index contributed by atoms with van der Waals surface area (Å²) in [5.41, 5.74) is 2.18. The fraction of sp³-hybridized carbons (Fsp3) is 0.692. The molecule has 2 aliphatic rings. The highest BCUT2D eigenvalue weighted by atomic mass is 16.5. The summed E-state index contributed by atoms with van der Waals surface area (Å²) in [4.78, 5) is 5.11. The van der Waals surface area contributed by atoms with Crippen molar-refractivity contribution in [3.05, 3.63) is 29.8 Å². The van der Waals surface area contributed by atoms with E-state index in [-0.39, 0.29) is 11.2 Å². The quantitative estimate of drug-likeness (QED) is 0.662. The van der Waals surface area contributed by atoms with Crippen molar-refractivity contribution in [1.82, 2.24) is 4.90 Å². The first-order valence-corrected chi connectivity index (χ1v) is 11.5. The molecule has 0 amide bonds. The smallest absolute Gasteiger partial charge is 0.108 e. The third-order valence-corrected chi connectivity index (χ3v) is 5.62. The number of anilines is 1. The lowest BCUT2D eigenvalue weighted by Gasteiger charge is -2.43. The molecule has 1 aliphatic heterocycles. The summed E-state index contributed by atoms with van der Waals surface area (Å²) in [5.74, 6) is 7.18. The Balaban J connectivity index is 1.42. The number of benzene rings is 1. The van der Waals surface area contributed by atoms with Crippen molar-refractivity contribution in [2.75, 3.05) is 44.2 Å². The number of ether oxygens (including phenoxy) is 2.